The molecule has 0 saturated carbocycles. The van der Waals surface area contributed by atoms with Crippen LogP contribution in [0.1, 0.15) is 46.1 Å². The second-order valence-electron chi connectivity index (χ2n) is 14.1. The Hall–Kier alpha value is -3.74. The van der Waals surface area contributed by atoms with E-state index in [4.69, 9.17) is 16.3 Å². The first-order valence-electron chi connectivity index (χ1n) is 17.0. The van der Waals surface area contributed by atoms with Gasteiger partial charge in [-0.1, -0.05) is 30.7 Å². The van der Waals surface area contributed by atoms with Gasteiger partial charge < -0.3 is 34.5 Å². The highest BCUT2D eigenvalue weighted by Crippen LogP contribution is 2.41. The number of aryl methyl sites for hydroxylation is 1. The van der Waals surface area contributed by atoms with Gasteiger partial charge in [-0.05, 0) is 77.1 Å². The van der Waals surface area contributed by atoms with Crippen molar-refractivity contribution in [1.82, 2.24) is 19.8 Å². The van der Waals surface area contributed by atoms with Crippen molar-refractivity contribution in [1.29, 1.82) is 0 Å². The van der Waals surface area contributed by atoms with E-state index in [0.29, 0.717) is 55.3 Å². The number of carbonyl (C=O) groups is 1. The summed E-state index contributed by atoms with van der Waals surface area (Å²) < 4.78 is 64.2. The number of para-hydroxylation sites is 1. The molecule has 2 aliphatic rings. The summed E-state index contributed by atoms with van der Waals surface area (Å²) in [4.78, 5) is 27.4. The van der Waals surface area contributed by atoms with Crippen molar-refractivity contribution in [3.05, 3.63) is 53.2 Å². The van der Waals surface area contributed by atoms with Gasteiger partial charge in [-0.2, -0.15) is 4.98 Å². The standard InChI is InChI=1S/C35H46ClF3N7O4P/c1-7-23-20-27(42-32-40-22-25(36)31(43-32)41-26-10-8-9-11-30(26)51(5,6)48)29(49-35(37,38)39)21-28(23)45-14-12-24(13-15-45)44-16-18-46(19-17-44)33(47)50-34(2,3)4/h8-11,20-22,24H,7,12-19H2,1-6H3,(H2,40,41,42,43). The Morgan fingerprint density at radius 1 is 1.00 bits per heavy atom. The maximum atomic E-state index is 13.7. The quantitative estimate of drug-likeness (QED) is 0.210. The van der Waals surface area contributed by atoms with E-state index in [2.05, 4.69) is 35.1 Å². The van der Waals surface area contributed by atoms with Crippen LogP contribution in [0.4, 0.5) is 46.8 Å². The first-order chi connectivity index (χ1) is 23.9. The average Bonchev–Trinajstić information content (AvgIpc) is 3.05. The Kier molecular flexibility index (Phi) is 11.7. The fraction of sp³-hybridized carbons (Fsp3) is 0.514. The number of halogens is 4. The van der Waals surface area contributed by atoms with Gasteiger partial charge in [0.05, 0.1) is 17.6 Å². The van der Waals surface area contributed by atoms with Crippen LogP contribution in [0, 0.1) is 0 Å². The molecule has 0 spiro atoms. The van der Waals surface area contributed by atoms with Crippen LogP contribution in [0.5, 0.6) is 5.75 Å². The van der Waals surface area contributed by atoms with E-state index in [1.165, 1.54) is 12.3 Å². The zero-order valence-corrected chi connectivity index (χ0v) is 31.5. The van der Waals surface area contributed by atoms with Crippen LogP contribution in [-0.4, -0.2) is 96.5 Å². The lowest BCUT2D eigenvalue weighted by atomic mass is 9.99. The molecule has 2 aliphatic heterocycles. The molecule has 3 aromatic rings. The van der Waals surface area contributed by atoms with Crippen LogP contribution in [0.3, 0.4) is 0 Å². The minimum Gasteiger partial charge on any atom is -0.444 e. The van der Waals surface area contributed by atoms with Gasteiger partial charge in [0.2, 0.25) is 5.95 Å². The molecule has 2 saturated heterocycles. The molecule has 0 aliphatic carbocycles. The summed E-state index contributed by atoms with van der Waals surface area (Å²) in [5, 5.41) is 6.78. The molecule has 0 atom stereocenters. The SMILES string of the molecule is CCc1cc(Nc2ncc(Cl)c(Nc3ccccc3P(C)(C)=O)n2)c(OC(F)(F)F)cc1N1CCC(N2CCN(C(=O)OC(C)(C)C)CC2)CC1. The molecule has 3 heterocycles. The van der Waals surface area contributed by atoms with E-state index in [0.717, 1.165) is 31.5 Å². The van der Waals surface area contributed by atoms with Gasteiger partial charge in [0.25, 0.3) is 0 Å². The molecule has 278 valence electrons. The number of piperazine rings is 1. The van der Waals surface area contributed by atoms with Crippen molar-refractivity contribution in [3.8, 4) is 5.75 Å². The second-order valence-corrected chi connectivity index (χ2v) is 17.7. The van der Waals surface area contributed by atoms with Gasteiger partial charge in [-0.15, -0.1) is 13.2 Å². The van der Waals surface area contributed by atoms with Crippen LogP contribution in [0.15, 0.2) is 42.6 Å². The molecule has 2 N–H and O–H groups in total. The Morgan fingerprint density at radius 3 is 2.27 bits per heavy atom. The van der Waals surface area contributed by atoms with Crippen LogP contribution in [-0.2, 0) is 15.7 Å². The van der Waals surface area contributed by atoms with Crippen molar-refractivity contribution in [3.63, 3.8) is 0 Å². The molecule has 0 radical (unpaired) electrons. The normalized spacial score (nSPS) is 16.6. The maximum absolute atomic E-state index is 13.7. The number of carbonyl (C=O) groups excluding carboxylic acids is 1. The van der Waals surface area contributed by atoms with Gasteiger partial charge in [0, 0.05) is 62.4 Å². The number of alkyl halides is 3. The van der Waals surface area contributed by atoms with Crippen molar-refractivity contribution >= 4 is 59.0 Å². The second kappa shape index (κ2) is 15.5. The first-order valence-corrected chi connectivity index (χ1v) is 20.0. The van der Waals surface area contributed by atoms with E-state index >= 15 is 0 Å². The van der Waals surface area contributed by atoms with Gasteiger partial charge >= 0.3 is 12.5 Å². The third kappa shape index (κ3) is 10.2. The lowest BCUT2D eigenvalue weighted by Crippen LogP contribution is -2.55. The Bertz CT molecular complexity index is 1750. The highest BCUT2D eigenvalue weighted by Gasteiger charge is 2.35. The van der Waals surface area contributed by atoms with Crippen LogP contribution < -0.4 is 25.6 Å². The number of piperidine rings is 1. The average molecular weight is 752 g/mol. The lowest BCUT2D eigenvalue weighted by molar-refractivity contribution is -0.274. The van der Waals surface area contributed by atoms with E-state index < -0.39 is 24.9 Å². The molecule has 0 bridgehead atoms. The smallest absolute Gasteiger partial charge is 0.444 e. The predicted molar refractivity (Wildman–Crippen MR) is 196 cm³/mol. The van der Waals surface area contributed by atoms with Crippen molar-refractivity contribution in [2.75, 3.05) is 68.1 Å². The van der Waals surface area contributed by atoms with Crippen LogP contribution in [0.25, 0.3) is 0 Å². The monoisotopic (exact) mass is 751 g/mol. The molecule has 0 unspecified atom stereocenters. The Balaban J connectivity index is 1.32. The molecule has 2 fully saturated rings. The minimum atomic E-state index is -4.94. The molecule has 51 heavy (non-hydrogen) atoms. The summed E-state index contributed by atoms with van der Waals surface area (Å²) in [7, 11) is -2.66. The molecule has 1 aromatic heterocycles. The number of amides is 1. The highest BCUT2D eigenvalue weighted by atomic mass is 35.5. The molecule has 2 aromatic carbocycles. The summed E-state index contributed by atoms with van der Waals surface area (Å²) in [5.41, 5.74) is 1.55. The number of rotatable bonds is 9. The van der Waals surface area contributed by atoms with Crippen LogP contribution >= 0.6 is 18.7 Å². The number of aromatic nitrogens is 2. The van der Waals surface area contributed by atoms with Gasteiger partial charge in [-0.3, -0.25) is 4.90 Å². The van der Waals surface area contributed by atoms with Gasteiger partial charge in [0.1, 0.15) is 17.8 Å². The third-order valence-corrected chi connectivity index (χ3v) is 10.6. The molecular weight excluding hydrogens is 706 g/mol. The van der Waals surface area contributed by atoms with Crippen molar-refractivity contribution in [2.45, 2.75) is 65.0 Å². The van der Waals surface area contributed by atoms with Crippen molar-refractivity contribution in [2.24, 2.45) is 0 Å². The number of hydrogen-bond donors (Lipinski definition) is 2. The minimum absolute atomic E-state index is 0.00929. The molecular formula is C35H46ClF3N7O4P. The number of benzene rings is 2. The lowest BCUT2D eigenvalue weighted by Gasteiger charge is -2.43. The molecule has 5 rings (SSSR count). The molecule has 11 nitrogen and oxygen atoms in total. The zero-order chi connectivity index (χ0) is 37.1. The summed E-state index contributed by atoms with van der Waals surface area (Å²) in [6, 6.07) is 10.4. The van der Waals surface area contributed by atoms with Crippen molar-refractivity contribution < 1.29 is 32.0 Å². The number of nitrogens with one attached hydrogen (secondary N) is 2. The number of anilines is 5. The number of ether oxygens (including phenoxy) is 2. The topological polar surface area (TPSA) is 112 Å². The van der Waals surface area contributed by atoms with E-state index in [1.54, 1.807) is 48.6 Å². The Morgan fingerprint density at radius 2 is 1.67 bits per heavy atom. The molecule has 16 heteroatoms. The summed E-state index contributed by atoms with van der Waals surface area (Å²) in [6.45, 7) is 14.8. The number of nitrogens with zero attached hydrogens (tertiary/aromatic N) is 5. The summed E-state index contributed by atoms with van der Waals surface area (Å²) in [6.07, 6.45) is -1.70. The number of hydrogen-bond acceptors (Lipinski definition) is 10. The fourth-order valence-electron chi connectivity index (χ4n) is 6.38. The first kappa shape index (κ1) is 38.5. The third-order valence-electron chi connectivity index (χ3n) is 8.80. The fourth-order valence-corrected chi connectivity index (χ4v) is 7.67. The zero-order valence-electron chi connectivity index (χ0n) is 29.8. The maximum Gasteiger partial charge on any atom is 0.573 e. The van der Waals surface area contributed by atoms with Crippen LogP contribution in [0.2, 0.25) is 5.02 Å². The largest absolute Gasteiger partial charge is 0.573 e. The Labute approximate surface area is 302 Å². The summed E-state index contributed by atoms with van der Waals surface area (Å²) >= 11 is 6.40. The van der Waals surface area contributed by atoms with Gasteiger partial charge in [-0.25, -0.2) is 9.78 Å². The predicted octanol–water partition coefficient (Wildman–Crippen LogP) is 7.85. The molecule has 1 amide bonds. The van der Waals surface area contributed by atoms with Gasteiger partial charge in [0.15, 0.2) is 11.6 Å². The van der Waals surface area contributed by atoms with E-state index in [1.807, 2.05) is 27.7 Å². The van der Waals surface area contributed by atoms with E-state index in [9.17, 15) is 22.5 Å². The highest BCUT2D eigenvalue weighted by molar-refractivity contribution is 7.70. The summed E-state index contributed by atoms with van der Waals surface area (Å²) in [5.74, 6) is -0.230. The van der Waals surface area contributed by atoms with E-state index in [-0.39, 0.29) is 28.6 Å².